The summed E-state index contributed by atoms with van der Waals surface area (Å²) in [6.07, 6.45) is 6.60. The molecule has 7 nitrogen and oxygen atoms in total. The molecule has 7 heteroatoms. The molecule has 0 saturated carbocycles. The molecular weight excluding hydrogens is 260 g/mol. The van der Waals surface area contributed by atoms with Crippen LogP contribution in [-0.2, 0) is 0 Å². The van der Waals surface area contributed by atoms with Crippen LogP contribution >= 0.6 is 0 Å². The Kier molecular flexibility index (Phi) is 3.49. The van der Waals surface area contributed by atoms with Crippen LogP contribution in [0.5, 0.6) is 0 Å². The summed E-state index contributed by atoms with van der Waals surface area (Å²) in [6.45, 7) is 2.40. The maximum Gasteiger partial charge on any atom is 0.291 e. The topological polar surface area (TPSA) is 85.3 Å². The van der Waals surface area contributed by atoms with Gasteiger partial charge in [0.15, 0.2) is 6.39 Å². The summed E-state index contributed by atoms with van der Waals surface area (Å²) < 4.78 is 10.6. The molecule has 1 unspecified atom stereocenters. The smallest absolute Gasteiger partial charge is 0.291 e. The van der Waals surface area contributed by atoms with Crippen molar-refractivity contribution in [1.29, 1.82) is 0 Å². The number of carbonyl (C=O) groups excluding carboxylic acids is 1. The van der Waals surface area contributed by atoms with E-state index >= 15 is 0 Å². The summed E-state index contributed by atoms with van der Waals surface area (Å²) in [5, 5.41) is 7.93. The van der Waals surface area contributed by atoms with Crippen LogP contribution in [0.2, 0.25) is 0 Å². The molecule has 0 radical (unpaired) electrons. The molecule has 0 aromatic carbocycles. The minimum atomic E-state index is -0.184. The molecule has 1 amide bonds. The van der Waals surface area contributed by atoms with E-state index < -0.39 is 0 Å². The number of rotatable bonds is 2. The van der Waals surface area contributed by atoms with Gasteiger partial charge in [0.1, 0.15) is 6.04 Å². The Morgan fingerprint density at radius 1 is 1.35 bits per heavy atom. The molecule has 3 rings (SSSR count). The highest BCUT2D eigenvalue weighted by Crippen LogP contribution is 2.30. The molecule has 1 fully saturated rings. The molecule has 2 aromatic rings. The van der Waals surface area contributed by atoms with Crippen LogP contribution in [-0.4, -0.2) is 32.5 Å². The van der Waals surface area contributed by atoms with Gasteiger partial charge in [0.25, 0.3) is 5.91 Å². The molecule has 1 saturated heterocycles. The molecule has 0 aliphatic carbocycles. The van der Waals surface area contributed by atoms with Crippen LogP contribution in [0.25, 0.3) is 0 Å². The fraction of sp³-hybridized carbons (Fsp3) is 0.538. The Hall–Kier alpha value is -2.18. The molecule has 0 N–H and O–H groups in total. The van der Waals surface area contributed by atoms with Crippen LogP contribution in [0.1, 0.15) is 54.1 Å². The van der Waals surface area contributed by atoms with E-state index in [-0.39, 0.29) is 17.7 Å². The number of hydrogen-bond acceptors (Lipinski definition) is 6. The van der Waals surface area contributed by atoms with Gasteiger partial charge in [0, 0.05) is 13.5 Å². The lowest BCUT2D eigenvalue weighted by Crippen LogP contribution is -2.34. The number of nitrogens with zero attached hydrogens (tertiary/aromatic N) is 4. The van der Waals surface area contributed by atoms with Crippen molar-refractivity contribution in [1.82, 2.24) is 20.1 Å². The molecule has 3 heterocycles. The van der Waals surface area contributed by atoms with Gasteiger partial charge in [-0.25, -0.2) is 4.98 Å². The second-order valence-corrected chi connectivity index (χ2v) is 4.89. The highest BCUT2D eigenvalue weighted by Gasteiger charge is 2.32. The number of likely N-dealkylation sites (tertiary alicyclic amines) is 1. The zero-order valence-corrected chi connectivity index (χ0v) is 11.3. The Morgan fingerprint density at radius 2 is 2.25 bits per heavy atom. The van der Waals surface area contributed by atoms with Gasteiger partial charge in [0.05, 0.1) is 6.20 Å². The lowest BCUT2D eigenvalue weighted by molar-refractivity contribution is 0.0618. The maximum absolute atomic E-state index is 12.5. The monoisotopic (exact) mass is 276 g/mol. The van der Waals surface area contributed by atoms with Gasteiger partial charge >= 0.3 is 0 Å². The first kappa shape index (κ1) is 12.8. The van der Waals surface area contributed by atoms with E-state index in [1.54, 1.807) is 11.8 Å². The first-order valence-electron chi connectivity index (χ1n) is 6.75. The molecule has 1 aliphatic heterocycles. The molecule has 0 bridgehead atoms. The zero-order chi connectivity index (χ0) is 13.9. The Bertz CT molecular complexity index is 578. The Balaban J connectivity index is 1.89. The van der Waals surface area contributed by atoms with Crippen LogP contribution in [0.3, 0.4) is 0 Å². The van der Waals surface area contributed by atoms with E-state index in [4.69, 9.17) is 8.83 Å². The number of aromatic nitrogens is 3. The molecule has 106 valence electrons. The SMILES string of the molecule is Cc1nnc(C2CCCCCN2C(=O)c2cnco2)o1. The largest absolute Gasteiger partial charge is 0.438 e. The second-order valence-electron chi connectivity index (χ2n) is 4.89. The third-order valence-electron chi connectivity index (χ3n) is 3.48. The summed E-state index contributed by atoms with van der Waals surface area (Å²) in [4.78, 5) is 18.1. The lowest BCUT2D eigenvalue weighted by atomic mass is 10.1. The molecule has 1 aliphatic rings. The predicted octanol–water partition coefficient (Wildman–Crippen LogP) is 2.12. The number of aryl methyl sites for hydroxylation is 1. The Labute approximate surface area is 116 Å². The van der Waals surface area contributed by atoms with E-state index in [1.165, 1.54) is 12.6 Å². The van der Waals surface area contributed by atoms with E-state index in [0.29, 0.717) is 18.3 Å². The van der Waals surface area contributed by atoms with Gasteiger partial charge in [-0.1, -0.05) is 12.8 Å². The number of hydrogen-bond donors (Lipinski definition) is 0. The fourth-order valence-corrected chi connectivity index (χ4v) is 2.52. The van der Waals surface area contributed by atoms with E-state index in [0.717, 1.165) is 25.7 Å². The third-order valence-corrected chi connectivity index (χ3v) is 3.48. The highest BCUT2D eigenvalue weighted by atomic mass is 16.4. The number of oxazole rings is 1. The van der Waals surface area contributed by atoms with Gasteiger partial charge in [0.2, 0.25) is 17.5 Å². The normalized spacial score (nSPS) is 19.9. The summed E-state index contributed by atoms with van der Waals surface area (Å²) >= 11 is 0. The first-order chi connectivity index (χ1) is 9.75. The molecule has 20 heavy (non-hydrogen) atoms. The average Bonchev–Trinajstić information content (AvgIpc) is 3.05. The Morgan fingerprint density at radius 3 is 2.95 bits per heavy atom. The van der Waals surface area contributed by atoms with Crippen LogP contribution in [0.4, 0.5) is 0 Å². The van der Waals surface area contributed by atoms with Gasteiger partial charge in [-0.05, 0) is 12.8 Å². The van der Waals surface area contributed by atoms with Crippen molar-refractivity contribution in [2.24, 2.45) is 0 Å². The summed E-state index contributed by atoms with van der Waals surface area (Å²) in [6, 6.07) is -0.184. The maximum atomic E-state index is 12.5. The molecule has 0 spiro atoms. The van der Waals surface area contributed by atoms with Crippen molar-refractivity contribution in [2.75, 3.05) is 6.54 Å². The third kappa shape index (κ3) is 2.43. The van der Waals surface area contributed by atoms with E-state index in [9.17, 15) is 4.79 Å². The average molecular weight is 276 g/mol. The van der Waals surface area contributed by atoms with E-state index in [1.807, 2.05) is 0 Å². The van der Waals surface area contributed by atoms with Crippen molar-refractivity contribution in [3.05, 3.63) is 30.1 Å². The van der Waals surface area contributed by atoms with Crippen molar-refractivity contribution in [3.63, 3.8) is 0 Å². The van der Waals surface area contributed by atoms with Crippen molar-refractivity contribution in [2.45, 2.75) is 38.6 Å². The summed E-state index contributed by atoms with van der Waals surface area (Å²) in [7, 11) is 0. The van der Waals surface area contributed by atoms with Gasteiger partial charge in [-0.3, -0.25) is 4.79 Å². The van der Waals surface area contributed by atoms with Gasteiger partial charge in [-0.15, -0.1) is 10.2 Å². The zero-order valence-electron chi connectivity index (χ0n) is 11.3. The molecule has 1 atom stereocenters. The van der Waals surface area contributed by atoms with Crippen molar-refractivity contribution in [3.8, 4) is 0 Å². The fourth-order valence-electron chi connectivity index (χ4n) is 2.52. The first-order valence-corrected chi connectivity index (χ1v) is 6.75. The van der Waals surface area contributed by atoms with Crippen LogP contribution in [0.15, 0.2) is 21.4 Å². The summed E-state index contributed by atoms with van der Waals surface area (Å²) in [5.74, 6) is 1.08. The van der Waals surface area contributed by atoms with Crippen molar-refractivity contribution >= 4 is 5.91 Å². The predicted molar refractivity (Wildman–Crippen MR) is 67.8 cm³/mol. The second kappa shape index (κ2) is 5.44. The lowest BCUT2D eigenvalue weighted by Gasteiger charge is -2.26. The molecule has 2 aromatic heterocycles. The van der Waals surface area contributed by atoms with E-state index in [2.05, 4.69) is 15.2 Å². The minimum absolute atomic E-state index is 0.176. The number of carbonyl (C=O) groups is 1. The summed E-state index contributed by atoms with van der Waals surface area (Å²) in [5.41, 5.74) is 0. The quantitative estimate of drug-likeness (QED) is 0.835. The standard InChI is InChI=1S/C13H16N4O3/c1-9-15-16-12(20-9)10-5-3-2-4-6-17(10)13(18)11-7-14-8-19-11/h7-8,10H,2-6H2,1H3. The van der Waals surface area contributed by atoms with Crippen molar-refractivity contribution < 1.29 is 13.6 Å². The van der Waals surface area contributed by atoms with Gasteiger partial charge < -0.3 is 13.7 Å². The van der Waals surface area contributed by atoms with Gasteiger partial charge in [-0.2, -0.15) is 0 Å². The highest BCUT2D eigenvalue weighted by molar-refractivity contribution is 5.91. The minimum Gasteiger partial charge on any atom is -0.438 e. The number of amides is 1. The van der Waals surface area contributed by atoms with Crippen LogP contribution < -0.4 is 0 Å². The van der Waals surface area contributed by atoms with Crippen LogP contribution in [0, 0.1) is 6.92 Å². The molecular formula is C13H16N4O3.